The summed E-state index contributed by atoms with van der Waals surface area (Å²) in [5.41, 5.74) is 1.76. The number of amides is 2. The van der Waals surface area contributed by atoms with E-state index in [4.69, 9.17) is 11.6 Å². The highest BCUT2D eigenvalue weighted by Crippen LogP contribution is 2.29. The highest BCUT2D eigenvalue weighted by molar-refractivity contribution is 6.30. The first-order chi connectivity index (χ1) is 12.1. The molecule has 1 atom stereocenters. The Morgan fingerprint density at radius 3 is 2.92 bits per heavy atom. The summed E-state index contributed by atoms with van der Waals surface area (Å²) in [6, 6.07) is 12.7. The number of pyridine rings is 1. The van der Waals surface area contributed by atoms with Gasteiger partial charge >= 0.3 is 0 Å². The molecule has 4 rings (SSSR count). The molecule has 1 aromatic heterocycles. The first kappa shape index (κ1) is 15.6. The number of hydrogen-bond donors (Lipinski definition) is 2. The second-order valence-corrected chi connectivity index (χ2v) is 6.33. The van der Waals surface area contributed by atoms with Crippen molar-refractivity contribution in [1.82, 2.24) is 10.3 Å². The van der Waals surface area contributed by atoms with E-state index >= 15 is 0 Å². The zero-order chi connectivity index (χ0) is 17.4. The van der Waals surface area contributed by atoms with Crippen molar-refractivity contribution in [3.05, 3.63) is 71.0 Å². The van der Waals surface area contributed by atoms with Crippen molar-refractivity contribution in [3.63, 3.8) is 0 Å². The molecule has 3 aromatic rings. The number of fused-ring (bicyclic) bond motifs is 2. The zero-order valence-corrected chi connectivity index (χ0v) is 13.9. The van der Waals surface area contributed by atoms with Crippen molar-refractivity contribution < 1.29 is 9.59 Å². The minimum absolute atomic E-state index is 0.192. The lowest BCUT2D eigenvalue weighted by Crippen LogP contribution is -2.40. The number of nitrogens with zero attached hydrogens (tertiary/aromatic N) is 1. The molecule has 2 heterocycles. The Hall–Kier alpha value is -2.92. The Kier molecular flexibility index (Phi) is 3.86. The maximum atomic E-state index is 12.9. The molecule has 0 spiro atoms. The van der Waals surface area contributed by atoms with Gasteiger partial charge in [0.15, 0.2) is 0 Å². The molecule has 2 aromatic carbocycles. The Balaban J connectivity index is 1.69. The third-order valence-corrected chi connectivity index (χ3v) is 4.58. The molecule has 6 heteroatoms. The van der Waals surface area contributed by atoms with Crippen LogP contribution in [-0.4, -0.2) is 23.3 Å². The van der Waals surface area contributed by atoms with E-state index in [2.05, 4.69) is 15.6 Å². The Morgan fingerprint density at radius 2 is 2.04 bits per heavy atom. The third-order valence-electron chi connectivity index (χ3n) is 4.34. The number of carbonyl (C=O) groups excluding carboxylic acids is 2. The van der Waals surface area contributed by atoms with Crippen molar-refractivity contribution in [3.8, 4) is 0 Å². The molecular weight excluding hydrogens is 338 g/mol. The average molecular weight is 352 g/mol. The summed E-state index contributed by atoms with van der Waals surface area (Å²) in [5.74, 6) is -0.908. The second-order valence-electron chi connectivity index (χ2n) is 5.89. The van der Waals surface area contributed by atoms with Crippen molar-refractivity contribution in [2.75, 3.05) is 11.9 Å². The lowest BCUT2D eigenvalue weighted by Gasteiger charge is -2.25. The summed E-state index contributed by atoms with van der Waals surface area (Å²) in [4.78, 5) is 29.0. The first-order valence-corrected chi connectivity index (χ1v) is 8.22. The predicted octanol–water partition coefficient (Wildman–Crippen LogP) is 3.35. The topological polar surface area (TPSA) is 71.1 Å². The number of halogens is 1. The summed E-state index contributed by atoms with van der Waals surface area (Å²) >= 11 is 6.06. The van der Waals surface area contributed by atoms with Crippen LogP contribution in [-0.2, 0) is 4.79 Å². The van der Waals surface area contributed by atoms with Gasteiger partial charge in [0.25, 0.3) is 5.91 Å². The highest BCUT2D eigenvalue weighted by atomic mass is 35.5. The fraction of sp³-hybridized carbons (Fsp3) is 0.105. The molecule has 25 heavy (non-hydrogen) atoms. The van der Waals surface area contributed by atoms with E-state index < -0.39 is 5.92 Å². The molecular formula is C19H14ClN3O2. The second kappa shape index (κ2) is 6.18. The third kappa shape index (κ3) is 2.83. The van der Waals surface area contributed by atoms with Gasteiger partial charge in [0.2, 0.25) is 5.91 Å². The Labute approximate surface area is 149 Å². The number of benzene rings is 2. The normalized spacial score (nSPS) is 16.2. The van der Waals surface area contributed by atoms with Gasteiger partial charge in [0.1, 0.15) is 0 Å². The summed E-state index contributed by atoms with van der Waals surface area (Å²) in [7, 11) is 0. The largest absolute Gasteiger partial charge is 0.351 e. The van der Waals surface area contributed by atoms with Gasteiger partial charge in [-0.05, 0) is 23.8 Å². The van der Waals surface area contributed by atoms with Crippen molar-refractivity contribution >= 4 is 39.9 Å². The maximum Gasteiger partial charge on any atom is 0.251 e. The zero-order valence-electron chi connectivity index (χ0n) is 13.1. The lowest BCUT2D eigenvalue weighted by molar-refractivity contribution is -0.117. The molecule has 0 aliphatic carbocycles. The van der Waals surface area contributed by atoms with E-state index in [-0.39, 0.29) is 18.4 Å². The molecule has 1 aliphatic heterocycles. The van der Waals surface area contributed by atoms with E-state index in [0.29, 0.717) is 21.8 Å². The van der Waals surface area contributed by atoms with Crippen LogP contribution < -0.4 is 10.6 Å². The summed E-state index contributed by atoms with van der Waals surface area (Å²) in [6.07, 6.45) is 3.38. The van der Waals surface area contributed by atoms with Crippen LogP contribution in [0.4, 0.5) is 5.69 Å². The monoisotopic (exact) mass is 351 g/mol. The minimum atomic E-state index is -0.509. The van der Waals surface area contributed by atoms with Gasteiger partial charge in [0.05, 0.1) is 17.8 Å². The Bertz CT molecular complexity index is 998. The van der Waals surface area contributed by atoms with Crippen molar-refractivity contribution in [2.45, 2.75) is 5.92 Å². The molecule has 0 saturated heterocycles. The number of anilines is 1. The van der Waals surface area contributed by atoms with Gasteiger partial charge < -0.3 is 10.6 Å². The number of hydrogen-bond acceptors (Lipinski definition) is 3. The average Bonchev–Trinajstić information content (AvgIpc) is 2.62. The smallest absolute Gasteiger partial charge is 0.251 e. The van der Waals surface area contributed by atoms with E-state index in [9.17, 15) is 9.59 Å². The summed E-state index contributed by atoms with van der Waals surface area (Å²) < 4.78 is 0. The molecule has 0 bridgehead atoms. The minimum Gasteiger partial charge on any atom is -0.351 e. The number of nitrogens with one attached hydrogen (secondary N) is 2. The van der Waals surface area contributed by atoms with Crippen LogP contribution in [0.3, 0.4) is 0 Å². The van der Waals surface area contributed by atoms with E-state index in [1.54, 1.807) is 30.6 Å². The van der Waals surface area contributed by atoms with Gasteiger partial charge in [-0.25, -0.2) is 0 Å². The Morgan fingerprint density at radius 1 is 1.20 bits per heavy atom. The van der Waals surface area contributed by atoms with Crippen LogP contribution in [0.5, 0.6) is 0 Å². The van der Waals surface area contributed by atoms with E-state index in [1.807, 2.05) is 24.3 Å². The fourth-order valence-corrected chi connectivity index (χ4v) is 3.28. The van der Waals surface area contributed by atoms with Crippen LogP contribution in [0.1, 0.15) is 21.8 Å². The van der Waals surface area contributed by atoms with Gasteiger partial charge in [-0.3, -0.25) is 14.6 Å². The molecule has 0 fully saturated rings. The SMILES string of the molecule is O=C1NC[C@@H](C(=O)Nc2cncc3ccccc23)c2cc(Cl)ccc21. The number of carbonyl (C=O) groups is 2. The van der Waals surface area contributed by atoms with Gasteiger partial charge in [-0.15, -0.1) is 0 Å². The molecule has 1 aliphatic rings. The molecule has 124 valence electrons. The van der Waals surface area contributed by atoms with Crippen LogP contribution >= 0.6 is 11.6 Å². The molecule has 2 amide bonds. The lowest BCUT2D eigenvalue weighted by atomic mass is 9.89. The molecule has 0 saturated carbocycles. The van der Waals surface area contributed by atoms with Crippen LogP contribution in [0.25, 0.3) is 10.8 Å². The quantitative estimate of drug-likeness (QED) is 0.743. The summed E-state index contributed by atoms with van der Waals surface area (Å²) in [5, 5.41) is 8.04. The predicted molar refractivity (Wildman–Crippen MR) is 96.9 cm³/mol. The summed E-state index contributed by atoms with van der Waals surface area (Å²) in [6.45, 7) is 0.232. The molecule has 2 N–H and O–H groups in total. The van der Waals surface area contributed by atoms with Gasteiger partial charge in [0, 0.05) is 34.1 Å². The highest BCUT2D eigenvalue weighted by Gasteiger charge is 2.30. The van der Waals surface area contributed by atoms with Gasteiger partial charge in [-0.2, -0.15) is 0 Å². The first-order valence-electron chi connectivity index (χ1n) is 7.85. The molecule has 5 nitrogen and oxygen atoms in total. The maximum absolute atomic E-state index is 12.9. The van der Waals surface area contributed by atoms with Crippen LogP contribution in [0, 0.1) is 0 Å². The van der Waals surface area contributed by atoms with E-state index in [0.717, 1.165) is 10.8 Å². The fourth-order valence-electron chi connectivity index (χ4n) is 3.10. The molecule has 0 radical (unpaired) electrons. The van der Waals surface area contributed by atoms with Crippen molar-refractivity contribution in [1.29, 1.82) is 0 Å². The standard InChI is InChI=1S/C19H14ClN3O2/c20-12-5-6-14-15(7-12)16(9-22-18(14)24)19(25)23-17-10-21-8-11-3-1-2-4-13(11)17/h1-8,10,16H,9H2,(H,22,24)(H,23,25)/t16-/m1/s1. The van der Waals surface area contributed by atoms with E-state index in [1.165, 1.54) is 0 Å². The van der Waals surface area contributed by atoms with Crippen LogP contribution in [0.2, 0.25) is 5.02 Å². The van der Waals surface area contributed by atoms with Crippen LogP contribution in [0.15, 0.2) is 54.9 Å². The van der Waals surface area contributed by atoms with Crippen molar-refractivity contribution in [2.24, 2.45) is 0 Å². The van der Waals surface area contributed by atoms with Gasteiger partial charge in [-0.1, -0.05) is 35.9 Å². The number of aromatic nitrogens is 1. The number of rotatable bonds is 2. The molecule has 0 unspecified atom stereocenters.